The molecule has 0 aliphatic carbocycles. The van der Waals surface area contributed by atoms with Crippen molar-refractivity contribution in [3.8, 4) is 0 Å². The summed E-state index contributed by atoms with van der Waals surface area (Å²) in [6, 6.07) is 9.05. The van der Waals surface area contributed by atoms with Gasteiger partial charge < -0.3 is 10.5 Å². The third kappa shape index (κ3) is 3.71. The lowest BCUT2D eigenvalue weighted by Crippen LogP contribution is -2.40. The molecule has 0 aromatic heterocycles. The summed E-state index contributed by atoms with van der Waals surface area (Å²) in [6.07, 6.45) is 4.34. The van der Waals surface area contributed by atoms with E-state index < -0.39 is 0 Å². The molecule has 0 amide bonds. The minimum atomic E-state index is 0. The van der Waals surface area contributed by atoms with Crippen molar-refractivity contribution in [2.45, 2.75) is 51.0 Å². The molecule has 1 unspecified atom stereocenters. The first-order valence-corrected chi connectivity index (χ1v) is 7.07. The molecule has 0 saturated carbocycles. The molecular formula is C16H26ClNO. The average Bonchev–Trinajstić information content (AvgIpc) is 2.40. The zero-order valence-corrected chi connectivity index (χ0v) is 12.8. The van der Waals surface area contributed by atoms with E-state index in [1.165, 1.54) is 11.1 Å². The van der Waals surface area contributed by atoms with Crippen molar-refractivity contribution in [3.05, 3.63) is 35.4 Å². The van der Waals surface area contributed by atoms with Gasteiger partial charge in [0.2, 0.25) is 0 Å². The van der Waals surface area contributed by atoms with Crippen LogP contribution in [0.2, 0.25) is 0 Å². The Morgan fingerprint density at radius 1 is 1.26 bits per heavy atom. The lowest BCUT2D eigenvalue weighted by atomic mass is 9.68. The van der Waals surface area contributed by atoms with Crippen LogP contribution in [0.4, 0.5) is 0 Å². The van der Waals surface area contributed by atoms with Crippen LogP contribution in [-0.4, -0.2) is 19.3 Å². The summed E-state index contributed by atoms with van der Waals surface area (Å²) in [7, 11) is 0. The van der Waals surface area contributed by atoms with Crippen LogP contribution in [0.3, 0.4) is 0 Å². The smallest absolute Gasteiger partial charge is 0.0474 e. The average molecular weight is 284 g/mol. The number of rotatable bonds is 4. The fourth-order valence-corrected chi connectivity index (χ4v) is 3.16. The molecule has 2 N–H and O–H groups in total. The second kappa shape index (κ2) is 7.28. The normalized spacial score (nSPS) is 19.5. The monoisotopic (exact) mass is 283 g/mol. The van der Waals surface area contributed by atoms with Crippen molar-refractivity contribution in [3.63, 3.8) is 0 Å². The highest BCUT2D eigenvalue weighted by Crippen LogP contribution is 2.40. The number of hydrogen-bond acceptors (Lipinski definition) is 2. The van der Waals surface area contributed by atoms with Crippen molar-refractivity contribution < 1.29 is 4.74 Å². The maximum atomic E-state index is 6.24. The SMILES string of the molecule is CCC(N)CC1(c2ccccc2C)CCOCC1.Cl. The molecule has 3 heteroatoms. The van der Waals surface area contributed by atoms with Crippen molar-refractivity contribution in [1.82, 2.24) is 0 Å². The Hall–Kier alpha value is -0.570. The number of halogens is 1. The van der Waals surface area contributed by atoms with Gasteiger partial charge in [-0.3, -0.25) is 0 Å². The van der Waals surface area contributed by atoms with Crippen molar-refractivity contribution in [1.29, 1.82) is 0 Å². The molecule has 1 fully saturated rings. The lowest BCUT2D eigenvalue weighted by molar-refractivity contribution is 0.0439. The van der Waals surface area contributed by atoms with Crippen LogP contribution in [0.15, 0.2) is 24.3 Å². The van der Waals surface area contributed by atoms with Crippen LogP contribution < -0.4 is 5.73 Å². The predicted molar refractivity (Wildman–Crippen MR) is 83.0 cm³/mol. The summed E-state index contributed by atoms with van der Waals surface area (Å²) in [5.74, 6) is 0. The largest absolute Gasteiger partial charge is 0.381 e. The van der Waals surface area contributed by atoms with E-state index >= 15 is 0 Å². The van der Waals surface area contributed by atoms with Crippen LogP contribution in [0.1, 0.15) is 43.7 Å². The lowest BCUT2D eigenvalue weighted by Gasteiger charge is -2.40. The molecule has 19 heavy (non-hydrogen) atoms. The number of hydrogen-bond donors (Lipinski definition) is 1. The quantitative estimate of drug-likeness (QED) is 0.916. The van der Waals surface area contributed by atoms with Crippen LogP contribution in [-0.2, 0) is 10.2 Å². The Balaban J connectivity index is 0.00000180. The van der Waals surface area contributed by atoms with E-state index in [0.717, 1.165) is 38.9 Å². The van der Waals surface area contributed by atoms with E-state index in [0.29, 0.717) is 6.04 Å². The molecular weight excluding hydrogens is 258 g/mol. The maximum Gasteiger partial charge on any atom is 0.0474 e. The van der Waals surface area contributed by atoms with Gasteiger partial charge in [0, 0.05) is 24.7 Å². The summed E-state index contributed by atoms with van der Waals surface area (Å²) in [5, 5.41) is 0. The summed E-state index contributed by atoms with van der Waals surface area (Å²) in [5.41, 5.74) is 9.35. The highest BCUT2D eigenvalue weighted by molar-refractivity contribution is 5.85. The van der Waals surface area contributed by atoms with Gasteiger partial charge in [-0.2, -0.15) is 0 Å². The van der Waals surface area contributed by atoms with E-state index in [1.54, 1.807) is 0 Å². The van der Waals surface area contributed by atoms with E-state index in [2.05, 4.69) is 38.1 Å². The van der Waals surface area contributed by atoms with Gasteiger partial charge in [-0.05, 0) is 43.7 Å². The van der Waals surface area contributed by atoms with Crippen molar-refractivity contribution >= 4 is 12.4 Å². The van der Waals surface area contributed by atoms with Gasteiger partial charge in [0.1, 0.15) is 0 Å². The Morgan fingerprint density at radius 3 is 2.47 bits per heavy atom. The summed E-state index contributed by atoms with van der Waals surface area (Å²) in [6.45, 7) is 6.12. The van der Waals surface area contributed by atoms with Crippen LogP contribution in [0.25, 0.3) is 0 Å². The van der Waals surface area contributed by atoms with Gasteiger partial charge in [0.15, 0.2) is 0 Å². The predicted octanol–water partition coefficient (Wildman–Crippen LogP) is 3.59. The second-order valence-corrected chi connectivity index (χ2v) is 5.58. The van der Waals surface area contributed by atoms with Gasteiger partial charge in [-0.15, -0.1) is 12.4 Å². The molecule has 0 spiro atoms. The van der Waals surface area contributed by atoms with Crippen LogP contribution >= 0.6 is 12.4 Å². The van der Waals surface area contributed by atoms with Gasteiger partial charge in [-0.1, -0.05) is 31.2 Å². The summed E-state index contributed by atoms with van der Waals surface area (Å²) >= 11 is 0. The van der Waals surface area contributed by atoms with Crippen LogP contribution in [0, 0.1) is 6.92 Å². The Morgan fingerprint density at radius 2 is 1.89 bits per heavy atom. The second-order valence-electron chi connectivity index (χ2n) is 5.58. The topological polar surface area (TPSA) is 35.2 Å². The maximum absolute atomic E-state index is 6.24. The number of aryl methyl sites for hydroxylation is 1. The molecule has 2 rings (SSSR count). The molecule has 0 radical (unpaired) electrons. The van der Waals surface area contributed by atoms with E-state index in [9.17, 15) is 0 Å². The fraction of sp³-hybridized carbons (Fsp3) is 0.625. The molecule has 1 aliphatic rings. The highest BCUT2D eigenvalue weighted by atomic mass is 35.5. The first-order chi connectivity index (χ1) is 8.68. The molecule has 1 aromatic rings. The molecule has 1 saturated heterocycles. The van der Waals surface area contributed by atoms with E-state index in [1.807, 2.05) is 0 Å². The Kier molecular flexibility index (Phi) is 6.31. The first-order valence-electron chi connectivity index (χ1n) is 7.07. The van der Waals surface area contributed by atoms with Crippen molar-refractivity contribution in [2.75, 3.05) is 13.2 Å². The Bertz CT molecular complexity index is 388. The molecule has 108 valence electrons. The molecule has 1 aliphatic heterocycles. The summed E-state index contributed by atoms with van der Waals surface area (Å²) in [4.78, 5) is 0. The van der Waals surface area contributed by atoms with Gasteiger partial charge in [0.25, 0.3) is 0 Å². The minimum absolute atomic E-state index is 0. The van der Waals surface area contributed by atoms with Gasteiger partial charge >= 0.3 is 0 Å². The third-order valence-corrected chi connectivity index (χ3v) is 4.34. The zero-order valence-electron chi connectivity index (χ0n) is 12.0. The zero-order chi connectivity index (χ0) is 13.0. The molecule has 2 nitrogen and oxygen atoms in total. The standard InChI is InChI=1S/C16H25NO.ClH/c1-3-14(17)12-16(8-10-18-11-9-16)15-7-5-4-6-13(15)2;/h4-7,14H,3,8-12,17H2,1-2H3;1H. The van der Waals surface area contributed by atoms with Gasteiger partial charge in [-0.25, -0.2) is 0 Å². The van der Waals surface area contributed by atoms with Crippen molar-refractivity contribution in [2.24, 2.45) is 5.73 Å². The molecule has 1 atom stereocenters. The Labute approximate surface area is 123 Å². The number of nitrogens with two attached hydrogens (primary N) is 1. The minimum Gasteiger partial charge on any atom is -0.381 e. The number of benzene rings is 1. The number of ether oxygens (including phenoxy) is 1. The van der Waals surface area contributed by atoms with E-state index in [4.69, 9.17) is 10.5 Å². The first kappa shape index (κ1) is 16.5. The molecule has 1 heterocycles. The molecule has 0 bridgehead atoms. The van der Waals surface area contributed by atoms with Gasteiger partial charge in [0.05, 0.1) is 0 Å². The fourth-order valence-electron chi connectivity index (χ4n) is 3.16. The highest BCUT2D eigenvalue weighted by Gasteiger charge is 2.36. The third-order valence-electron chi connectivity index (χ3n) is 4.34. The van der Waals surface area contributed by atoms with Crippen LogP contribution in [0.5, 0.6) is 0 Å². The summed E-state index contributed by atoms with van der Waals surface area (Å²) < 4.78 is 5.56. The van der Waals surface area contributed by atoms with E-state index in [-0.39, 0.29) is 17.8 Å². The molecule has 1 aromatic carbocycles.